The van der Waals surface area contributed by atoms with Gasteiger partial charge in [-0.3, -0.25) is 0 Å². The van der Waals surface area contributed by atoms with Crippen molar-refractivity contribution in [2.45, 2.75) is 13.5 Å². The standard InChI is InChI=1S/C17H17N5S/c1-3-22-7-6-10-14-12(20-17(18)21-16(14)19-2)9-11(15(10)22)13-5-4-8-23-13/h4-9H,3H2,1-2H3,(H3,18,19,20,21). The van der Waals surface area contributed by atoms with Crippen molar-refractivity contribution >= 4 is 44.9 Å². The lowest BCUT2D eigenvalue weighted by molar-refractivity contribution is 0.798. The highest BCUT2D eigenvalue weighted by Gasteiger charge is 2.17. The van der Waals surface area contributed by atoms with E-state index in [0.29, 0.717) is 0 Å². The Morgan fingerprint density at radius 2 is 2.17 bits per heavy atom. The summed E-state index contributed by atoms with van der Waals surface area (Å²) in [5.74, 6) is 1.05. The Morgan fingerprint density at radius 3 is 2.87 bits per heavy atom. The SMILES string of the molecule is CCn1ccc2c3c(NC)nc(N)nc3cc(-c3cccs3)c21. The van der Waals surface area contributed by atoms with Gasteiger partial charge >= 0.3 is 0 Å². The second kappa shape index (κ2) is 5.24. The number of benzene rings is 1. The Kier molecular flexibility index (Phi) is 3.20. The molecule has 0 atom stereocenters. The van der Waals surface area contributed by atoms with Crippen LogP contribution < -0.4 is 11.1 Å². The molecule has 0 saturated carbocycles. The maximum atomic E-state index is 5.88. The van der Waals surface area contributed by atoms with E-state index in [-0.39, 0.29) is 5.95 Å². The third-order valence-corrected chi connectivity index (χ3v) is 4.99. The summed E-state index contributed by atoms with van der Waals surface area (Å²) in [4.78, 5) is 10.0. The summed E-state index contributed by atoms with van der Waals surface area (Å²) in [5.41, 5.74) is 9.15. The van der Waals surface area contributed by atoms with E-state index >= 15 is 0 Å². The summed E-state index contributed by atoms with van der Waals surface area (Å²) >= 11 is 1.73. The monoisotopic (exact) mass is 323 g/mol. The van der Waals surface area contributed by atoms with E-state index in [2.05, 4.69) is 62.6 Å². The fraction of sp³-hybridized carbons (Fsp3) is 0.176. The minimum Gasteiger partial charge on any atom is -0.372 e. The van der Waals surface area contributed by atoms with Gasteiger partial charge in [0.15, 0.2) is 0 Å². The molecule has 0 aliphatic rings. The zero-order valence-electron chi connectivity index (χ0n) is 13.0. The Bertz CT molecular complexity index is 1000. The first-order valence-corrected chi connectivity index (χ1v) is 8.41. The van der Waals surface area contributed by atoms with E-state index in [9.17, 15) is 0 Å². The van der Waals surface area contributed by atoms with E-state index in [4.69, 9.17) is 5.73 Å². The molecule has 4 aromatic rings. The van der Waals surface area contributed by atoms with Crippen molar-refractivity contribution in [3.05, 3.63) is 35.8 Å². The van der Waals surface area contributed by atoms with E-state index in [1.807, 2.05) is 7.05 Å². The number of hydrogen-bond acceptors (Lipinski definition) is 5. The molecule has 0 fully saturated rings. The Labute approximate surface area is 137 Å². The minimum atomic E-state index is 0.285. The van der Waals surface area contributed by atoms with Crippen molar-refractivity contribution in [3.63, 3.8) is 0 Å². The van der Waals surface area contributed by atoms with Gasteiger partial charge in [-0.25, -0.2) is 4.98 Å². The molecule has 0 aliphatic carbocycles. The molecule has 0 saturated heterocycles. The van der Waals surface area contributed by atoms with Crippen LogP contribution >= 0.6 is 11.3 Å². The number of hydrogen-bond donors (Lipinski definition) is 2. The molecule has 0 bridgehead atoms. The van der Waals surface area contributed by atoms with Crippen molar-refractivity contribution in [2.24, 2.45) is 0 Å². The first-order valence-electron chi connectivity index (χ1n) is 7.53. The van der Waals surface area contributed by atoms with Gasteiger partial charge in [0.25, 0.3) is 0 Å². The molecule has 5 nitrogen and oxygen atoms in total. The van der Waals surface area contributed by atoms with Gasteiger partial charge in [0.1, 0.15) is 5.82 Å². The molecule has 6 heteroatoms. The lowest BCUT2D eigenvalue weighted by Gasteiger charge is -2.12. The lowest BCUT2D eigenvalue weighted by atomic mass is 10.0. The van der Waals surface area contributed by atoms with Crippen molar-refractivity contribution < 1.29 is 0 Å². The van der Waals surface area contributed by atoms with Gasteiger partial charge in [0, 0.05) is 35.6 Å². The van der Waals surface area contributed by atoms with Crippen LogP contribution in [0.15, 0.2) is 35.8 Å². The van der Waals surface area contributed by atoms with Crippen molar-refractivity contribution in [1.82, 2.24) is 14.5 Å². The van der Waals surface area contributed by atoms with E-state index in [1.165, 1.54) is 16.0 Å². The third kappa shape index (κ3) is 2.06. The minimum absolute atomic E-state index is 0.285. The van der Waals surface area contributed by atoms with E-state index in [1.54, 1.807) is 11.3 Å². The molecule has 116 valence electrons. The van der Waals surface area contributed by atoms with Crippen LogP contribution in [0.5, 0.6) is 0 Å². The number of rotatable bonds is 3. The van der Waals surface area contributed by atoms with Crippen molar-refractivity contribution in [2.75, 3.05) is 18.1 Å². The van der Waals surface area contributed by atoms with Gasteiger partial charge in [-0.15, -0.1) is 11.3 Å². The summed E-state index contributed by atoms with van der Waals surface area (Å²) in [5, 5.41) is 7.41. The first kappa shape index (κ1) is 14.0. The van der Waals surface area contributed by atoms with Gasteiger partial charge < -0.3 is 15.6 Å². The van der Waals surface area contributed by atoms with Crippen LogP contribution in [0.4, 0.5) is 11.8 Å². The molecule has 3 aromatic heterocycles. The summed E-state index contributed by atoms with van der Waals surface area (Å²) in [6.07, 6.45) is 2.12. The van der Waals surface area contributed by atoms with Gasteiger partial charge in [0.2, 0.25) is 5.95 Å². The predicted molar refractivity (Wildman–Crippen MR) is 98.0 cm³/mol. The molecular formula is C17H17N5S. The third-order valence-electron chi connectivity index (χ3n) is 4.09. The van der Waals surface area contributed by atoms with E-state index in [0.717, 1.165) is 28.7 Å². The lowest BCUT2D eigenvalue weighted by Crippen LogP contribution is -2.02. The summed E-state index contributed by atoms with van der Waals surface area (Å²) in [6.45, 7) is 3.07. The molecular weight excluding hydrogens is 306 g/mol. The topological polar surface area (TPSA) is 68.8 Å². The number of anilines is 2. The molecule has 0 radical (unpaired) electrons. The predicted octanol–water partition coefficient (Wildman–Crippen LogP) is 3.96. The molecule has 0 spiro atoms. The largest absolute Gasteiger partial charge is 0.372 e. The number of thiophene rings is 1. The fourth-order valence-electron chi connectivity index (χ4n) is 3.11. The Morgan fingerprint density at radius 1 is 1.30 bits per heavy atom. The average molecular weight is 323 g/mol. The number of aromatic nitrogens is 3. The number of aryl methyl sites for hydroxylation is 1. The molecule has 0 aliphatic heterocycles. The maximum absolute atomic E-state index is 5.88. The van der Waals surface area contributed by atoms with Crippen LogP contribution in [0.1, 0.15) is 6.92 Å². The normalized spacial score (nSPS) is 11.4. The highest BCUT2D eigenvalue weighted by molar-refractivity contribution is 7.13. The van der Waals surface area contributed by atoms with E-state index < -0.39 is 0 Å². The fourth-order valence-corrected chi connectivity index (χ4v) is 3.85. The molecule has 0 amide bonds. The van der Waals surface area contributed by atoms with Gasteiger partial charge in [-0.05, 0) is 30.5 Å². The Balaban J connectivity index is 2.22. The maximum Gasteiger partial charge on any atom is 0.222 e. The molecule has 0 unspecified atom stereocenters. The van der Waals surface area contributed by atoms with Gasteiger partial charge in [-0.2, -0.15) is 4.98 Å². The van der Waals surface area contributed by atoms with Crippen LogP contribution in [0.2, 0.25) is 0 Å². The second-order valence-corrected chi connectivity index (χ2v) is 6.29. The van der Waals surface area contributed by atoms with Crippen molar-refractivity contribution in [3.8, 4) is 10.4 Å². The molecule has 4 rings (SSSR count). The number of nitrogens with one attached hydrogen (secondary N) is 1. The molecule has 23 heavy (non-hydrogen) atoms. The number of nitrogens with two attached hydrogens (primary N) is 1. The summed E-state index contributed by atoms with van der Waals surface area (Å²) < 4.78 is 2.26. The molecule has 3 heterocycles. The first-order chi connectivity index (χ1) is 11.2. The Hall–Kier alpha value is -2.60. The number of nitrogen functional groups attached to an aromatic ring is 1. The summed E-state index contributed by atoms with van der Waals surface area (Å²) in [7, 11) is 1.86. The quantitative estimate of drug-likeness (QED) is 0.599. The number of fused-ring (bicyclic) bond motifs is 3. The highest BCUT2D eigenvalue weighted by Crippen LogP contribution is 2.39. The van der Waals surface area contributed by atoms with Gasteiger partial charge in [0.05, 0.1) is 16.4 Å². The van der Waals surface area contributed by atoms with Crippen LogP contribution in [-0.4, -0.2) is 21.6 Å². The average Bonchev–Trinajstić information content (AvgIpc) is 3.22. The van der Waals surface area contributed by atoms with Crippen LogP contribution in [0, 0.1) is 0 Å². The van der Waals surface area contributed by atoms with Crippen LogP contribution in [-0.2, 0) is 6.54 Å². The molecule has 3 N–H and O–H groups in total. The van der Waals surface area contributed by atoms with Crippen molar-refractivity contribution in [1.29, 1.82) is 0 Å². The van der Waals surface area contributed by atoms with Gasteiger partial charge in [-0.1, -0.05) is 6.07 Å². The zero-order chi connectivity index (χ0) is 16.0. The highest BCUT2D eigenvalue weighted by atomic mass is 32.1. The smallest absolute Gasteiger partial charge is 0.222 e. The van der Waals surface area contributed by atoms with Crippen LogP contribution in [0.3, 0.4) is 0 Å². The second-order valence-electron chi connectivity index (χ2n) is 5.34. The zero-order valence-corrected chi connectivity index (χ0v) is 13.8. The number of nitrogens with zero attached hydrogens (tertiary/aromatic N) is 3. The molecule has 1 aromatic carbocycles. The van der Waals surface area contributed by atoms with Crippen LogP contribution in [0.25, 0.3) is 32.2 Å². The summed E-state index contributed by atoms with van der Waals surface area (Å²) in [6, 6.07) is 8.47.